The maximum atomic E-state index is 12.2. The molecule has 2 N–H and O–H groups in total. The summed E-state index contributed by atoms with van der Waals surface area (Å²) in [5, 5.41) is 3.72. The number of carbonyl (C=O) groups excluding carboxylic acids is 1. The van der Waals surface area contributed by atoms with Crippen molar-refractivity contribution in [3.63, 3.8) is 0 Å². The highest BCUT2D eigenvalue weighted by atomic mass is 32.2. The number of amides is 1. The van der Waals surface area contributed by atoms with Gasteiger partial charge in [-0.15, -0.1) is 11.3 Å². The van der Waals surface area contributed by atoms with Crippen molar-refractivity contribution in [3.05, 3.63) is 45.9 Å². The average Bonchev–Trinajstić information content (AvgIpc) is 3.23. The Labute approximate surface area is 139 Å². The van der Waals surface area contributed by atoms with E-state index in [1.165, 1.54) is 23.5 Å². The van der Waals surface area contributed by atoms with Crippen molar-refractivity contribution < 1.29 is 13.2 Å². The fraction of sp³-hybridized carbons (Fsp3) is 0.333. The number of benzene rings is 1. The molecule has 1 aromatic carbocycles. The maximum Gasteiger partial charge on any atom is 0.251 e. The predicted octanol–water partition coefficient (Wildman–Crippen LogP) is 1.82. The summed E-state index contributed by atoms with van der Waals surface area (Å²) >= 11 is 1.51. The van der Waals surface area contributed by atoms with Gasteiger partial charge in [0.1, 0.15) is 0 Å². The highest BCUT2D eigenvalue weighted by Gasteiger charge is 2.28. The molecular formula is C15H17N3O3S2. The van der Waals surface area contributed by atoms with Gasteiger partial charge in [-0.1, -0.05) is 6.07 Å². The van der Waals surface area contributed by atoms with Gasteiger partial charge in [0.25, 0.3) is 5.91 Å². The van der Waals surface area contributed by atoms with Crippen LogP contribution in [-0.4, -0.2) is 25.4 Å². The van der Waals surface area contributed by atoms with Crippen LogP contribution in [0.4, 0.5) is 0 Å². The molecule has 0 unspecified atom stereocenters. The smallest absolute Gasteiger partial charge is 0.251 e. The number of rotatable bonds is 6. The Balaban J connectivity index is 1.69. The molecule has 2 aromatic rings. The van der Waals surface area contributed by atoms with Crippen molar-refractivity contribution in [2.24, 2.45) is 0 Å². The summed E-state index contributed by atoms with van der Waals surface area (Å²) in [4.78, 5) is 17.4. The Morgan fingerprint density at radius 1 is 1.39 bits per heavy atom. The van der Waals surface area contributed by atoms with Crippen molar-refractivity contribution in [2.75, 3.05) is 0 Å². The molecule has 1 aliphatic rings. The van der Waals surface area contributed by atoms with E-state index in [4.69, 9.17) is 0 Å². The summed E-state index contributed by atoms with van der Waals surface area (Å²) < 4.78 is 27.0. The van der Waals surface area contributed by atoms with Gasteiger partial charge in [0, 0.05) is 22.7 Å². The first-order chi connectivity index (χ1) is 10.9. The van der Waals surface area contributed by atoms with Gasteiger partial charge in [-0.05, 0) is 38.0 Å². The van der Waals surface area contributed by atoms with Gasteiger partial charge >= 0.3 is 0 Å². The lowest BCUT2D eigenvalue weighted by atomic mass is 10.2. The van der Waals surface area contributed by atoms with Crippen molar-refractivity contribution in [1.29, 1.82) is 0 Å². The molecule has 8 heteroatoms. The van der Waals surface area contributed by atoms with Crippen LogP contribution in [0.2, 0.25) is 0 Å². The first kappa shape index (κ1) is 16.1. The van der Waals surface area contributed by atoms with E-state index in [-0.39, 0.29) is 16.8 Å². The Bertz CT molecular complexity index is 826. The van der Waals surface area contributed by atoms with E-state index in [0.717, 1.165) is 22.7 Å². The van der Waals surface area contributed by atoms with Crippen LogP contribution in [0.3, 0.4) is 0 Å². The van der Waals surface area contributed by atoms with Crippen LogP contribution in [-0.2, 0) is 16.6 Å². The number of hydrogen-bond acceptors (Lipinski definition) is 5. The van der Waals surface area contributed by atoms with E-state index >= 15 is 0 Å². The molecule has 1 aromatic heterocycles. The molecule has 0 spiro atoms. The zero-order chi connectivity index (χ0) is 16.4. The number of nitrogens with zero attached hydrogens (tertiary/aromatic N) is 1. The SMILES string of the molecule is Cc1ncc(CNC(=O)c2cccc(S(=O)(=O)NC3CC3)c2)s1. The van der Waals surface area contributed by atoms with Crippen molar-refractivity contribution in [1.82, 2.24) is 15.0 Å². The third-order valence-corrected chi connectivity index (χ3v) is 5.83. The Kier molecular flexibility index (Phi) is 4.47. The van der Waals surface area contributed by atoms with E-state index in [9.17, 15) is 13.2 Å². The minimum absolute atomic E-state index is 0.0343. The van der Waals surface area contributed by atoms with Gasteiger partial charge in [-0.3, -0.25) is 4.79 Å². The van der Waals surface area contributed by atoms with Gasteiger partial charge < -0.3 is 5.32 Å². The number of hydrogen-bond donors (Lipinski definition) is 2. The zero-order valence-electron chi connectivity index (χ0n) is 12.6. The van der Waals surface area contributed by atoms with E-state index in [1.807, 2.05) is 6.92 Å². The first-order valence-electron chi connectivity index (χ1n) is 7.26. The molecule has 0 bridgehead atoms. The summed E-state index contributed by atoms with van der Waals surface area (Å²) in [5.74, 6) is -0.306. The lowest BCUT2D eigenvalue weighted by Crippen LogP contribution is -2.26. The van der Waals surface area contributed by atoms with Crippen LogP contribution in [0.5, 0.6) is 0 Å². The van der Waals surface area contributed by atoms with Gasteiger partial charge in [-0.25, -0.2) is 18.1 Å². The average molecular weight is 351 g/mol. The summed E-state index contributed by atoms with van der Waals surface area (Å²) in [6, 6.07) is 6.11. The molecule has 0 radical (unpaired) electrons. The van der Waals surface area contributed by atoms with Crippen molar-refractivity contribution in [3.8, 4) is 0 Å². The van der Waals surface area contributed by atoms with Crippen LogP contribution in [0, 0.1) is 6.92 Å². The molecule has 0 atom stereocenters. The highest BCUT2D eigenvalue weighted by molar-refractivity contribution is 7.89. The second-order valence-electron chi connectivity index (χ2n) is 5.45. The molecule has 0 saturated heterocycles. The van der Waals surface area contributed by atoms with Crippen LogP contribution in [0.1, 0.15) is 33.1 Å². The Morgan fingerprint density at radius 2 is 2.17 bits per heavy atom. The lowest BCUT2D eigenvalue weighted by Gasteiger charge is -2.08. The standard InChI is InChI=1S/C15H17N3O3S2/c1-10-16-8-13(22-10)9-17-15(19)11-3-2-4-14(7-11)23(20,21)18-12-5-6-12/h2-4,7-8,12,18H,5-6,9H2,1H3,(H,17,19). The quantitative estimate of drug-likeness (QED) is 0.831. The van der Waals surface area contributed by atoms with E-state index in [1.54, 1.807) is 18.3 Å². The number of carbonyl (C=O) groups is 1. The summed E-state index contributed by atoms with van der Waals surface area (Å²) in [6.45, 7) is 2.28. The molecule has 122 valence electrons. The molecule has 1 saturated carbocycles. The normalized spacial score (nSPS) is 14.7. The molecular weight excluding hydrogens is 334 g/mol. The second-order valence-corrected chi connectivity index (χ2v) is 8.48. The third-order valence-electron chi connectivity index (χ3n) is 3.40. The molecule has 23 heavy (non-hydrogen) atoms. The van der Waals surface area contributed by atoms with E-state index in [0.29, 0.717) is 12.1 Å². The monoisotopic (exact) mass is 351 g/mol. The van der Waals surface area contributed by atoms with E-state index < -0.39 is 10.0 Å². The van der Waals surface area contributed by atoms with Gasteiger partial charge in [0.05, 0.1) is 16.4 Å². The van der Waals surface area contributed by atoms with Crippen LogP contribution in [0.25, 0.3) is 0 Å². The first-order valence-corrected chi connectivity index (χ1v) is 9.56. The topological polar surface area (TPSA) is 88.2 Å². The van der Waals surface area contributed by atoms with E-state index in [2.05, 4.69) is 15.0 Å². The fourth-order valence-electron chi connectivity index (χ4n) is 2.05. The molecule has 6 nitrogen and oxygen atoms in total. The number of thiazole rings is 1. The maximum absolute atomic E-state index is 12.2. The minimum atomic E-state index is -3.55. The highest BCUT2D eigenvalue weighted by Crippen LogP contribution is 2.22. The van der Waals surface area contributed by atoms with Gasteiger partial charge in [0.15, 0.2) is 0 Å². The number of nitrogens with one attached hydrogen (secondary N) is 2. The number of sulfonamides is 1. The Morgan fingerprint density at radius 3 is 2.83 bits per heavy atom. The zero-order valence-corrected chi connectivity index (χ0v) is 14.2. The molecule has 1 heterocycles. The number of aromatic nitrogens is 1. The van der Waals surface area contributed by atoms with Crippen LogP contribution >= 0.6 is 11.3 Å². The van der Waals surface area contributed by atoms with Gasteiger partial charge in [0.2, 0.25) is 10.0 Å². The number of aryl methyl sites for hydroxylation is 1. The molecule has 3 rings (SSSR count). The second kappa shape index (κ2) is 6.38. The molecule has 0 aliphatic heterocycles. The fourth-order valence-corrected chi connectivity index (χ4v) is 4.13. The summed E-state index contributed by atoms with van der Waals surface area (Å²) in [5.41, 5.74) is 0.324. The lowest BCUT2D eigenvalue weighted by molar-refractivity contribution is 0.0951. The van der Waals surface area contributed by atoms with Crippen LogP contribution < -0.4 is 10.0 Å². The predicted molar refractivity (Wildman–Crippen MR) is 87.8 cm³/mol. The Hall–Kier alpha value is -1.77. The minimum Gasteiger partial charge on any atom is -0.347 e. The summed E-state index contributed by atoms with van der Waals surface area (Å²) in [7, 11) is -3.55. The molecule has 1 amide bonds. The molecule has 1 aliphatic carbocycles. The van der Waals surface area contributed by atoms with Gasteiger partial charge in [-0.2, -0.15) is 0 Å². The largest absolute Gasteiger partial charge is 0.347 e. The van der Waals surface area contributed by atoms with Crippen molar-refractivity contribution in [2.45, 2.75) is 37.2 Å². The van der Waals surface area contributed by atoms with Crippen molar-refractivity contribution >= 4 is 27.3 Å². The van der Waals surface area contributed by atoms with Crippen LogP contribution in [0.15, 0.2) is 35.4 Å². The summed E-state index contributed by atoms with van der Waals surface area (Å²) in [6.07, 6.45) is 3.46. The third kappa shape index (κ3) is 4.15. The molecule has 1 fully saturated rings.